The molecule has 104 valence electrons. The second-order valence-electron chi connectivity index (χ2n) is 5.53. The molecular weight excluding hydrogens is 238 g/mol. The standard InChI is InChI=1S/C15H23N3O/c1-11-3-2-4-14(9-11)17-10-12-5-7-13(8-6-12)15(16)18-19/h5-8,11,14,17,19H,2-4,9-10H2,1H3,(H2,16,18). The molecule has 2 rings (SSSR count). The smallest absolute Gasteiger partial charge is 0.170 e. The van der Waals surface area contributed by atoms with Crippen LogP contribution in [-0.2, 0) is 6.54 Å². The first-order valence-corrected chi connectivity index (χ1v) is 6.99. The van der Waals surface area contributed by atoms with Gasteiger partial charge in [-0.2, -0.15) is 0 Å². The summed E-state index contributed by atoms with van der Waals surface area (Å²) in [7, 11) is 0. The Morgan fingerprint density at radius 2 is 2.11 bits per heavy atom. The van der Waals surface area contributed by atoms with Crippen molar-refractivity contribution in [1.29, 1.82) is 0 Å². The molecule has 1 aliphatic rings. The first-order valence-electron chi connectivity index (χ1n) is 6.99. The molecule has 2 unspecified atom stereocenters. The van der Waals surface area contributed by atoms with Crippen molar-refractivity contribution in [3.05, 3.63) is 35.4 Å². The summed E-state index contributed by atoms with van der Waals surface area (Å²) < 4.78 is 0. The van der Waals surface area contributed by atoms with E-state index in [0.29, 0.717) is 6.04 Å². The van der Waals surface area contributed by atoms with Gasteiger partial charge in [-0.3, -0.25) is 0 Å². The zero-order valence-electron chi connectivity index (χ0n) is 11.5. The minimum Gasteiger partial charge on any atom is -0.409 e. The highest BCUT2D eigenvalue weighted by atomic mass is 16.4. The van der Waals surface area contributed by atoms with Crippen LogP contribution in [0.25, 0.3) is 0 Å². The van der Waals surface area contributed by atoms with E-state index in [1.54, 1.807) is 0 Å². The predicted octanol–water partition coefficient (Wildman–Crippen LogP) is 2.45. The molecule has 0 spiro atoms. The minimum absolute atomic E-state index is 0.153. The zero-order valence-corrected chi connectivity index (χ0v) is 11.5. The Kier molecular flexibility index (Phi) is 4.80. The monoisotopic (exact) mass is 261 g/mol. The summed E-state index contributed by atoms with van der Waals surface area (Å²) in [5.41, 5.74) is 7.51. The summed E-state index contributed by atoms with van der Waals surface area (Å²) in [5.74, 6) is 0.995. The SMILES string of the molecule is CC1CCCC(NCc2ccc(C(N)=NO)cc2)C1. The molecular formula is C15H23N3O. The van der Waals surface area contributed by atoms with Crippen molar-refractivity contribution in [3.63, 3.8) is 0 Å². The molecule has 4 nitrogen and oxygen atoms in total. The molecule has 0 saturated heterocycles. The maximum Gasteiger partial charge on any atom is 0.170 e. The molecule has 4 N–H and O–H groups in total. The van der Waals surface area contributed by atoms with Gasteiger partial charge in [-0.15, -0.1) is 0 Å². The number of hydrogen-bond acceptors (Lipinski definition) is 3. The van der Waals surface area contributed by atoms with Gasteiger partial charge in [-0.25, -0.2) is 0 Å². The molecule has 0 aromatic heterocycles. The Bertz CT molecular complexity index is 428. The van der Waals surface area contributed by atoms with Gasteiger partial charge in [0.2, 0.25) is 0 Å². The normalized spacial score (nSPS) is 24.4. The van der Waals surface area contributed by atoms with E-state index < -0.39 is 0 Å². The van der Waals surface area contributed by atoms with Crippen LogP contribution in [-0.4, -0.2) is 17.1 Å². The van der Waals surface area contributed by atoms with Gasteiger partial charge in [0.15, 0.2) is 5.84 Å². The second-order valence-corrected chi connectivity index (χ2v) is 5.53. The van der Waals surface area contributed by atoms with Crippen molar-refractivity contribution in [2.24, 2.45) is 16.8 Å². The van der Waals surface area contributed by atoms with E-state index in [0.717, 1.165) is 18.0 Å². The number of benzene rings is 1. The Morgan fingerprint density at radius 1 is 1.37 bits per heavy atom. The molecule has 4 heteroatoms. The lowest BCUT2D eigenvalue weighted by Crippen LogP contribution is -2.33. The van der Waals surface area contributed by atoms with Crippen LogP contribution in [0, 0.1) is 5.92 Å². The Labute approximate surface area is 114 Å². The molecule has 0 bridgehead atoms. The van der Waals surface area contributed by atoms with Gasteiger partial charge in [0.25, 0.3) is 0 Å². The van der Waals surface area contributed by atoms with Crippen LogP contribution in [0.2, 0.25) is 0 Å². The quantitative estimate of drug-likeness (QED) is 0.337. The number of nitrogens with zero attached hydrogens (tertiary/aromatic N) is 1. The van der Waals surface area contributed by atoms with Gasteiger partial charge >= 0.3 is 0 Å². The number of amidine groups is 1. The van der Waals surface area contributed by atoms with Gasteiger partial charge in [0.1, 0.15) is 0 Å². The van der Waals surface area contributed by atoms with Crippen molar-refractivity contribution < 1.29 is 5.21 Å². The molecule has 1 aromatic rings. The third-order valence-electron chi connectivity index (χ3n) is 3.89. The second kappa shape index (κ2) is 6.57. The number of rotatable bonds is 4. The largest absolute Gasteiger partial charge is 0.409 e. The lowest BCUT2D eigenvalue weighted by atomic mass is 9.87. The van der Waals surface area contributed by atoms with Crippen molar-refractivity contribution in [1.82, 2.24) is 5.32 Å². The van der Waals surface area contributed by atoms with E-state index >= 15 is 0 Å². The summed E-state index contributed by atoms with van der Waals surface area (Å²) in [6.45, 7) is 3.22. The first-order chi connectivity index (χ1) is 9.19. The van der Waals surface area contributed by atoms with Crippen LogP contribution in [0.15, 0.2) is 29.4 Å². The maximum atomic E-state index is 8.61. The Hall–Kier alpha value is -1.55. The number of hydrogen-bond donors (Lipinski definition) is 3. The molecule has 1 saturated carbocycles. The molecule has 0 amide bonds. The molecule has 19 heavy (non-hydrogen) atoms. The van der Waals surface area contributed by atoms with Crippen LogP contribution in [0.4, 0.5) is 0 Å². The molecule has 1 aliphatic carbocycles. The lowest BCUT2D eigenvalue weighted by Gasteiger charge is -2.27. The van der Waals surface area contributed by atoms with Gasteiger partial charge in [0, 0.05) is 18.2 Å². The van der Waals surface area contributed by atoms with Crippen LogP contribution >= 0.6 is 0 Å². The van der Waals surface area contributed by atoms with Crippen LogP contribution in [0.3, 0.4) is 0 Å². The van der Waals surface area contributed by atoms with Crippen molar-refractivity contribution in [2.45, 2.75) is 45.2 Å². The number of nitrogens with one attached hydrogen (secondary N) is 1. The fraction of sp³-hybridized carbons (Fsp3) is 0.533. The van der Waals surface area contributed by atoms with Crippen LogP contribution in [0.5, 0.6) is 0 Å². The predicted molar refractivity (Wildman–Crippen MR) is 77.2 cm³/mol. The first kappa shape index (κ1) is 13.9. The highest BCUT2D eigenvalue weighted by Gasteiger charge is 2.17. The van der Waals surface area contributed by atoms with E-state index in [2.05, 4.69) is 17.4 Å². The molecule has 0 heterocycles. The fourth-order valence-corrected chi connectivity index (χ4v) is 2.73. The van der Waals surface area contributed by atoms with Gasteiger partial charge in [0.05, 0.1) is 0 Å². The molecule has 0 radical (unpaired) electrons. The van der Waals surface area contributed by atoms with Gasteiger partial charge in [-0.05, 0) is 24.3 Å². The van der Waals surface area contributed by atoms with Gasteiger partial charge in [-0.1, -0.05) is 49.2 Å². The average Bonchev–Trinajstić information content (AvgIpc) is 2.45. The molecule has 1 fully saturated rings. The van der Waals surface area contributed by atoms with Crippen molar-refractivity contribution in [3.8, 4) is 0 Å². The summed E-state index contributed by atoms with van der Waals surface area (Å²) in [4.78, 5) is 0. The van der Waals surface area contributed by atoms with Crippen LogP contribution in [0.1, 0.15) is 43.7 Å². The highest BCUT2D eigenvalue weighted by molar-refractivity contribution is 5.96. The molecule has 1 aromatic carbocycles. The maximum absolute atomic E-state index is 8.61. The third kappa shape index (κ3) is 3.96. The van der Waals surface area contributed by atoms with E-state index in [4.69, 9.17) is 10.9 Å². The topological polar surface area (TPSA) is 70.6 Å². The number of nitrogens with two attached hydrogens (primary N) is 1. The highest BCUT2D eigenvalue weighted by Crippen LogP contribution is 2.23. The summed E-state index contributed by atoms with van der Waals surface area (Å²) in [5, 5.41) is 15.2. The fourth-order valence-electron chi connectivity index (χ4n) is 2.73. The van der Waals surface area contributed by atoms with E-state index in [1.807, 2.05) is 24.3 Å². The summed E-state index contributed by atoms with van der Waals surface area (Å²) in [6, 6.07) is 8.46. The Morgan fingerprint density at radius 3 is 2.74 bits per heavy atom. The van der Waals surface area contributed by atoms with Gasteiger partial charge < -0.3 is 16.3 Å². The van der Waals surface area contributed by atoms with E-state index in [-0.39, 0.29) is 5.84 Å². The third-order valence-corrected chi connectivity index (χ3v) is 3.89. The van der Waals surface area contributed by atoms with Crippen LogP contribution < -0.4 is 11.1 Å². The molecule has 0 aliphatic heterocycles. The van der Waals surface area contributed by atoms with Crippen molar-refractivity contribution in [2.75, 3.05) is 0 Å². The van der Waals surface area contributed by atoms with Crippen molar-refractivity contribution >= 4 is 5.84 Å². The summed E-state index contributed by atoms with van der Waals surface area (Å²) in [6.07, 6.45) is 5.27. The van der Waals surface area contributed by atoms with E-state index in [9.17, 15) is 0 Å². The van der Waals surface area contributed by atoms with E-state index in [1.165, 1.54) is 31.2 Å². The lowest BCUT2D eigenvalue weighted by molar-refractivity contribution is 0.300. The average molecular weight is 261 g/mol. The Balaban J connectivity index is 1.86. The number of oxime groups is 1. The molecule has 2 atom stereocenters. The zero-order chi connectivity index (χ0) is 13.7. The minimum atomic E-state index is 0.153. The summed E-state index contributed by atoms with van der Waals surface area (Å²) >= 11 is 0.